The Morgan fingerprint density at radius 2 is 1.79 bits per heavy atom. The Labute approximate surface area is 222 Å². The van der Waals surface area contributed by atoms with Crippen LogP contribution in [0.4, 0.5) is 10.3 Å². The topological polar surface area (TPSA) is 132 Å². The van der Waals surface area contributed by atoms with Crippen LogP contribution in [-0.4, -0.2) is 42.5 Å². The van der Waals surface area contributed by atoms with Gasteiger partial charge < -0.3 is 4.74 Å². The summed E-state index contributed by atoms with van der Waals surface area (Å²) < 4.78 is 22.1. The highest BCUT2D eigenvalue weighted by molar-refractivity contribution is 5.90. The fourth-order valence-electron chi connectivity index (χ4n) is 3.76. The van der Waals surface area contributed by atoms with Gasteiger partial charge in [-0.1, -0.05) is 35.5 Å². The molecule has 0 saturated heterocycles. The van der Waals surface area contributed by atoms with Gasteiger partial charge >= 0.3 is 0 Å². The predicted molar refractivity (Wildman–Crippen MR) is 140 cm³/mol. The maximum Gasteiger partial charge on any atom is 0.264 e. The molecule has 0 radical (unpaired) electrons. The number of para-hydroxylation sites is 1. The van der Waals surface area contributed by atoms with Crippen LogP contribution >= 0.6 is 0 Å². The molecule has 0 saturated carbocycles. The third kappa shape index (κ3) is 6.08. The van der Waals surface area contributed by atoms with Crippen LogP contribution in [-0.2, 0) is 11.3 Å². The van der Waals surface area contributed by atoms with Crippen LogP contribution in [0.25, 0.3) is 22.6 Å². The van der Waals surface area contributed by atoms with E-state index in [2.05, 4.69) is 30.6 Å². The molecule has 1 N–H and O–H groups in total. The summed E-state index contributed by atoms with van der Waals surface area (Å²) in [4.78, 5) is 25.8. The molecule has 10 nitrogen and oxygen atoms in total. The standard InChI is InChI=1S/C28H21FN8O2/c1-18-7-5-9-20(31-18)15-37-16-25(35-36-37)24-13-23(22-12-6-8-19(14-30)27(22)29)32-28(33-24)34-26(38)17-39-21-10-3-2-4-11-21/h2-13,16H,15,17H2,1H3,(H,32,33,34,38). The zero-order valence-corrected chi connectivity index (χ0v) is 20.7. The number of nitriles is 1. The number of anilines is 1. The maximum atomic E-state index is 15.0. The van der Waals surface area contributed by atoms with Crippen LogP contribution in [0, 0.1) is 24.1 Å². The number of hydrogen-bond donors (Lipinski definition) is 1. The first-order chi connectivity index (χ1) is 19.0. The van der Waals surface area contributed by atoms with Gasteiger partial charge in [0, 0.05) is 11.3 Å². The maximum absolute atomic E-state index is 15.0. The highest BCUT2D eigenvalue weighted by Gasteiger charge is 2.17. The monoisotopic (exact) mass is 520 g/mol. The molecule has 0 fully saturated rings. The Morgan fingerprint density at radius 1 is 1.00 bits per heavy atom. The summed E-state index contributed by atoms with van der Waals surface area (Å²) >= 11 is 0. The molecule has 3 aromatic heterocycles. The van der Waals surface area contributed by atoms with E-state index in [-0.39, 0.29) is 29.4 Å². The molecule has 0 bridgehead atoms. The van der Waals surface area contributed by atoms with E-state index in [9.17, 15) is 10.1 Å². The Bertz CT molecular complexity index is 1680. The van der Waals surface area contributed by atoms with Crippen LogP contribution < -0.4 is 10.1 Å². The molecule has 0 spiro atoms. The normalized spacial score (nSPS) is 10.6. The summed E-state index contributed by atoms with van der Waals surface area (Å²) in [6, 6.07) is 22.3. The number of benzene rings is 2. The lowest BCUT2D eigenvalue weighted by molar-refractivity contribution is -0.118. The van der Waals surface area contributed by atoms with Gasteiger partial charge in [0.15, 0.2) is 6.61 Å². The molecule has 1 amide bonds. The zero-order valence-electron chi connectivity index (χ0n) is 20.7. The zero-order chi connectivity index (χ0) is 27.2. The Kier molecular flexibility index (Phi) is 7.27. The van der Waals surface area contributed by atoms with Gasteiger partial charge in [-0.25, -0.2) is 19.0 Å². The van der Waals surface area contributed by atoms with Crippen molar-refractivity contribution in [3.63, 3.8) is 0 Å². The van der Waals surface area contributed by atoms with Crippen LogP contribution in [0.5, 0.6) is 5.75 Å². The van der Waals surface area contributed by atoms with Crippen molar-refractivity contribution in [3.8, 4) is 34.5 Å². The lowest BCUT2D eigenvalue weighted by Crippen LogP contribution is -2.21. The quantitative estimate of drug-likeness (QED) is 0.322. The third-order valence-corrected chi connectivity index (χ3v) is 5.56. The minimum Gasteiger partial charge on any atom is -0.484 e. The van der Waals surface area contributed by atoms with Gasteiger partial charge in [-0.2, -0.15) is 5.26 Å². The molecule has 0 unspecified atom stereocenters. The van der Waals surface area contributed by atoms with Crippen molar-refractivity contribution >= 4 is 11.9 Å². The first-order valence-corrected chi connectivity index (χ1v) is 11.9. The lowest BCUT2D eigenvalue weighted by Gasteiger charge is -2.10. The second kappa shape index (κ2) is 11.3. The minimum atomic E-state index is -0.733. The van der Waals surface area contributed by atoms with E-state index in [1.165, 1.54) is 18.2 Å². The molecular formula is C28H21FN8O2. The second-order valence-corrected chi connectivity index (χ2v) is 8.46. The molecule has 0 aliphatic carbocycles. The molecule has 192 valence electrons. The first kappa shape index (κ1) is 25.2. The van der Waals surface area contributed by atoms with Crippen molar-refractivity contribution in [2.45, 2.75) is 13.5 Å². The molecule has 11 heteroatoms. The van der Waals surface area contributed by atoms with Gasteiger partial charge in [-0.15, -0.1) is 5.10 Å². The summed E-state index contributed by atoms with van der Waals surface area (Å²) in [5.41, 5.74) is 2.45. The van der Waals surface area contributed by atoms with E-state index in [1.807, 2.05) is 37.3 Å². The largest absolute Gasteiger partial charge is 0.484 e. The number of nitrogens with zero attached hydrogens (tertiary/aromatic N) is 7. The van der Waals surface area contributed by atoms with Crippen molar-refractivity contribution in [2.75, 3.05) is 11.9 Å². The molecule has 0 aliphatic rings. The molecular weight excluding hydrogens is 499 g/mol. The molecule has 0 aliphatic heterocycles. The van der Waals surface area contributed by atoms with Gasteiger partial charge in [0.25, 0.3) is 5.91 Å². The lowest BCUT2D eigenvalue weighted by atomic mass is 10.1. The van der Waals surface area contributed by atoms with E-state index in [4.69, 9.17) is 4.74 Å². The van der Waals surface area contributed by atoms with E-state index in [0.29, 0.717) is 23.7 Å². The number of halogens is 1. The molecule has 0 atom stereocenters. The SMILES string of the molecule is Cc1cccc(Cn2cc(-c3cc(-c4cccc(C#N)c4F)nc(NC(=O)COc4ccccc4)n3)nn2)n1. The Balaban J connectivity index is 1.46. The van der Waals surface area contributed by atoms with E-state index >= 15 is 4.39 Å². The molecule has 3 heterocycles. The highest BCUT2D eigenvalue weighted by Crippen LogP contribution is 2.27. The number of carbonyl (C=O) groups is 1. The fraction of sp³-hybridized carbons (Fsp3) is 0.107. The number of hydrogen-bond acceptors (Lipinski definition) is 8. The first-order valence-electron chi connectivity index (χ1n) is 11.9. The van der Waals surface area contributed by atoms with Crippen molar-refractivity contribution in [3.05, 3.63) is 102 Å². The number of pyridine rings is 1. The van der Waals surface area contributed by atoms with Crippen molar-refractivity contribution in [1.82, 2.24) is 29.9 Å². The highest BCUT2D eigenvalue weighted by atomic mass is 19.1. The van der Waals surface area contributed by atoms with E-state index in [0.717, 1.165) is 11.4 Å². The summed E-state index contributed by atoms with van der Waals surface area (Å²) in [5.74, 6) is -0.801. The average molecular weight is 521 g/mol. The van der Waals surface area contributed by atoms with Crippen LogP contribution in [0.2, 0.25) is 0 Å². The van der Waals surface area contributed by atoms with Crippen molar-refractivity contribution in [2.24, 2.45) is 0 Å². The van der Waals surface area contributed by atoms with Gasteiger partial charge in [-0.05, 0) is 49.4 Å². The number of aromatic nitrogens is 6. The van der Waals surface area contributed by atoms with E-state index in [1.54, 1.807) is 41.2 Å². The third-order valence-electron chi connectivity index (χ3n) is 5.56. The predicted octanol–water partition coefficient (Wildman–Crippen LogP) is 4.18. The van der Waals surface area contributed by atoms with Crippen molar-refractivity contribution in [1.29, 1.82) is 5.26 Å². The van der Waals surface area contributed by atoms with Crippen LogP contribution in [0.3, 0.4) is 0 Å². The fourth-order valence-corrected chi connectivity index (χ4v) is 3.76. The Hall–Kier alpha value is -5.50. The number of ether oxygens (including phenoxy) is 1. The molecule has 5 rings (SSSR count). The second-order valence-electron chi connectivity index (χ2n) is 8.46. The number of carbonyl (C=O) groups excluding carboxylic acids is 1. The summed E-state index contributed by atoms with van der Waals surface area (Å²) in [6.07, 6.45) is 1.67. The average Bonchev–Trinajstić information content (AvgIpc) is 3.41. The van der Waals surface area contributed by atoms with Crippen LogP contribution in [0.1, 0.15) is 17.0 Å². The smallest absolute Gasteiger partial charge is 0.264 e. The van der Waals surface area contributed by atoms with Gasteiger partial charge in [0.05, 0.1) is 35.4 Å². The van der Waals surface area contributed by atoms with Crippen LogP contribution in [0.15, 0.2) is 79.0 Å². The molecule has 39 heavy (non-hydrogen) atoms. The summed E-state index contributed by atoms with van der Waals surface area (Å²) in [5, 5.41) is 20.2. The van der Waals surface area contributed by atoms with Gasteiger partial charge in [0.2, 0.25) is 5.95 Å². The Morgan fingerprint density at radius 3 is 2.59 bits per heavy atom. The number of aryl methyl sites for hydroxylation is 1. The summed E-state index contributed by atoms with van der Waals surface area (Å²) in [6.45, 7) is 2.00. The summed E-state index contributed by atoms with van der Waals surface area (Å²) in [7, 11) is 0. The number of nitrogens with one attached hydrogen (secondary N) is 1. The molecule has 5 aromatic rings. The van der Waals surface area contributed by atoms with Crippen molar-refractivity contribution < 1.29 is 13.9 Å². The van der Waals surface area contributed by atoms with Gasteiger partial charge in [0.1, 0.15) is 23.3 Å². The number of amides is 1. The molecule has 2 aromatic carbocycles. The minimum absolute atomic E-state index is 0.0742. The van der Waals surface area contributed by atoms with Gasteiger partial charge in [-0.3, -0.25) is 15.1 Å². The number of rotatable bonds is 8. The van der Waals surface area contributed by atoms with E-state index < -0.39 is 11.7 Å².